The number of nitrogens with zero attached hydrogens (tertiary/aromatic N) is 1. The molecule has 2 N–H and O–H groups in total. The summed E-state index contributed by atoms with van der Waals surface area (Å²) in [6.07, 6.45) is 1.91. The third-order valence-electron chi connectivity index (χ3n) is 5.56. The van der Waals surface area contributed by atoms with Crippen LogP contribution in [0.1, 0.15) is 51.5 Å². The molecule has 1 saturated heterocycles. The number of hydrogen-bond donors (Lipinski definition) is 2. The Morgan fingerprint density at radius 3 is 2.58 bits per heavy atom. The maximum absolute atomic E-state index is 12.8. The summed E-state index contributed by atoms with van der Waals surface area (Å²) in [5, 5.41) is 12.2. The summed E-state index contributed by atoms with van der Waals surface area (Å²) in [6.45, 7) is 2.48. The zero-order valence-electron chi connectivity index (χ0n) is 19.2. The number of hydrogen-bond acceptors (Lipinski definition) is 6. The molecule has 1 saturated carbocycles. The Bertz CT molecular complexity index is 841. The highest BCUT2D eigenvalue weighted by atomic mass is 19.3. The fourth-order valence-electron chi connectivity index (χ4n) is 3.78. The average Bonchev–Trinajstić information content (AvgIpc) is 3.45. The van der Waals surface area contributed by atoms with Crippen LogP contribution in [0.15, 0.2) is 18.2 Å². The summed E-state index contributed by atoms with van der Waals surface area (Å²) < 4.78 is 41.0. The molecule has 0 aromatic heterocycles. The number of nitrogens with one attached hydrogen (secondary N) is 1. The lowest BCUT2D eigenvalue weighted by molar-refractivity contribution is -0.131. The van der Waals surface area contributed by atoms with E-state index in [0.717, 1.165) is 18.4 Å². The highest BCUT2D eigenvalue weighted by molar-refractivity contribution is 5.83. The lowest BCUT2D eigenvalue weighted by Crippen LogP contribution is -2.44. The van der Waals surface area contributed by atoms with Gasteiger partial charge in [0.1, 0.15) is 12.1 Å². The van der Waals surface area contributed by atoms with Gasteiger partial charge >= 0.3 is 12.7 Å². The van der Waals surface area contributed by atoms with Gasteiger partial charge in [0, 0.05) is 12.5 Å². The first kappa shape index (κ1) is 25.0. The molecule has 184 valence electrons. The van der Waals surface area contributed by atoms with Gasteiger partial charge in [-0.2, -0.15) is 8.78 Å². The van der Waals surface area contributed by atoms with Crippen molar-refractivity contribution < 1.29 is 37.7 Å². The Balaban J connectivity index is 1.66. The third-order valence-corrected chi connectivity index (χ3v) is 5.56. The summed E-state index contributed by atoms with van der Waals surface area (Å²) in [5.41, 5.74) is 0.121. The Morgan fingerprint density at radius 2 is 1.97 bits per heavy atom. The fraction of sp³-hybridized carbons (Fsp3) is 0.652. The molecule has 2 atom stereocenters. The zero-order chi connectivity index (χ0) is 24.2. The van der Waals surface area contributed by atoms with Crippen LogP contribution in [-0.2, 0) is 9.53 Å². The van der Waals surface area contributed by atoms with Gasteiger partial charge in [-0.05, 0) is 63.6 Å². The molecule has 1 aliphatic heterocycles. The summed E-state index contributed by atoms with van der Waals surface area (Å²) >= 11 is 0. The minimum Gasteiger partial charge on any atom is -0.489 e. The van der Waals surface area contributed by atoms with Crippen molar-refractivity contribution in [1.82, 2.24) is 10.2 Å². The van der Waals surface area contributed by atoms with Gasteiger partial charge in [0.15, 0.2) is 11.5 Å². The van der Waals surface area contributed by atoms with E-state index in [1.165, 1.54) is 11.0 Å². The van der Waals surface area contributed by atoms with Crippen LogP contribution in [0, 0.1) is 5.92 Å². The molecular weight excluding hydrogens is 438 g/mol. The number of aliphatic hydroxyl groups is 1. The lowest BCUT2D eigenvalue weighted by Gasteiger charge is -2.24. The van der Waals surface area contributed by atoms with Gasteiger partial charge in [0.25, 0.3) is 0 Å². The van der Waals surface area contributed by atoms with Crippen LogP contribution in [0.4, 0.5) is 13.6 Å². The molecule has 3 rings (SSSR count). The van der Waals surface area contributed by atoms with Crippen LogP contribution < -0.4 is 14.8 Å². The zero-order valence-corrected chi connectivity index (χ0v) is 19.2. The molecule has 1 aromatic carbocycles. The molecule has 33 heavy (non-hydrogen) atoms. The minimum atomic E-state index is -2.96. The predicted octanol–water partition coefficient (Wildman–Crippen LogP) is 3.28. The van der Waals surface area contributed by atoms with E-state index in [1.54, 1.807) is 32.9 Å². The number of amides is 2. The lowest BCUT2D eigenvalue weighted by atomic mass is 9.96. The van der Waals surface area contributed by atoms with Crippen LogP contribution in [0.25, 0.3) is 0 Å². The summed E-state index contributed by atoms with van der Waals surface area (Å²) in [7, 11) is 0. The number of aliphatic hydroxyl groups excluding tert-OH is 1. The Labute approximate surface area is 192 Å². The first-order valence-corrected chi connectivity index (χ1v) is 11.1. The highest BCUT2D eigenvalue weighted by Gasteiger charge is 2.36. The number of benzene rings is 1. The molecule has 1 aliphatic carbocycles. The molecule has 1 unspecified atom stereocenters. The summed E-state index contributed by atoms with van der Waals surface area (Å²) in [5.74, 6) is 0.183. The number of alkyl halides is 2. The fourth-order valence-corrected chi connectivity index (χ4v) is 3.78. The smallest absolute Gasteiger partial charge is 0.408 e. The maximum Gasteiger partial charge on any atom is 0.408 e. The van der Waals surface area contributed by atoms with Crippen molar-refractivity contribution in [2.45, 2.75) is 64.2 Å². The Hall–Kier alpha value is -2.62. The molecule has 0 bridgehead atoms. The monoisotopic (exact) mass is 470 g/mol. The summed E-state index contributed by atoms with van der Waals surface area (Å²) in [4.78, 5) is 26.1. The van der Waals surface area contributed by atoms with Crippen molar-refractivity contribution in [1.29, 1.82) is 0 Å². The molecular formula is C23H32F2N2O6. The molecule has 8 nitrogen and oxygen atoms in total. The number of carbonyl (C=O) groups excluding carboxylic acids is 2. The maximum atomic E-state index is 12.8. The van der Waals surface area contributed by atoms with Crippen molar-refractivity contribution in [3.63, 3.8) is 0 Å². The SMILES string of the molecule is CC(C)(C)OC(=O)NCC(=O)N1CC(c2ccc(OC(F)F)c(OCC3CC3)c2)C[C@H]1CO. The van der Waals surface area contributed by atoms with Crippen LogP contribution >= 0.6 is 0 Å². The van der Waals surface area contributed by atoms with Crippen LogP contribution in [0.2, 0.25) is 0 Å². The molecule has 2 aliphatic rings. The van der Waals surface area contributed by atoms with Gasteiger partial charge in [-0.15, -0.1) is 0 Å². The molecule has 2 amide bonds. The largest absolute Gasteiger partial charge is 0.489 e. The normalized spacial score (nSPS) is 20.6. The first-order valence-electron chi connectivity index (χ1n) is 11.1. The first-order chi connectivity index (χ1) is 15.6. The standard InChI is InChI=1S/C23H32F2N2O6/c1-23(2,3)33-22(30)26-10-20(29)27-11-16(8-17(27)12-28)15-6-7-18(32-21(24)25)19(9-15)31-13-14-4-5-14/h6-7,9,14,16-17,21,28H,4-5,8,10-13H2,1-3H3,(H,26,30)/t16?,17-/m0/s1. The predicted molar refractivity (Wildman–Crippen MR) is 115 cm³/mol. The van der Waals surface area contributed by atoms with Gasteiger partial charge in [-0.25, -0.2) is 4.79 Å². The second kappa shape index (κ2) is 10.5. The number of likely N-dealkylation sites (tertiary alicyclic amines) is 1. The van der Waals surface area contributed by atoms with Gasteiger partial charge in [-0.3, -0.25) is 4.79 Å². The van der Waals surface area contributed by atoms with E-state index in [0.29, 0.717) is 25.5 Å². The molecule has 1 aromatic rings. The third kappa shape index (κ3) is 7.45. The second-order valence-electron chi connectivity index (χ2n) is 9.51. The second-order valence-corrected chi connectivity index (χ2v) is 9.51. The van der Waals surface area contributed by atoms with E-state index in [4.69, 9.17) is 9.47 Å². The van der Waals surface area contributed by atoms with E-state index >= 15 is 0 Å². The van der Waals surface area contributed by atoms with Crippen molar-refractivity contribution in [2.24, 2.45) is 5.92 Å². The number of carbonyl (C=O) groups is 2. The van der Waals surface area contributed by atoms with Crippen molar-refractivity contribution in [2.75, 3.05) is 26.3 Å². The number of alkyl carbamates (subject to hydrolysis) is 1. The molecule has 0 radical (unpaired) electrons. The Kier molecular flexibility index (Phi) is 7.99. The quantitative estimate of drug-likeness (QED) is 0.575. The van der Waals surface area contributed by atoms with Gasteiger partial charge < -0.3 is 29.5 Å². The number of rotatable bonds is 9. The van der Waals surface area contributed by atoms with E-state index in [9.17, 15) is 23.5 Å². The molecule has 2 fully saturated rings. The van der Waals surface area contributed by atoms with Crippen molar-refractivity contribution in [3.8, 4) is 11.5 Å². The topological polar surface area (TPSA) is 97.3 Å². The van der Waals surface area contributed by atoms with E-state index in [2.05, 4.69) is 10.1 Å². The van der Waals surface area contributed by atoms with Crippen LogP contribution in [0.5, 0.6) is 11.5 Å². The number of ether oxygens (including phenoxy) is 3. The minimum absolute atomic E-state index is 0.0272. The highest BCUT2D eigenvalue weighted by Crippen LogP contribution is 2.38. The van der Waals surface area contributed by atoms with Crippen LogP contribution in [0.3, 0.4) is 0 Å². The van der Waals surface area contributed by atoms with Gasteiger partial charge in [0.05, 0.1) is 19.3 Å². The van der Waals surface area contributed by atoms with Crippen molar-refractivity contribution >= 4 is 12.0 Å². The van der Waals surface area contributed by atoms with Crippen LogP contribution in [-0.4, -0.2) is 66.6 Å². The van der Waals surface area contributed by atoms with Crippen molar-refractivity contribution in [3.05, 3.63) is 23.8 Å². The van der Waals surface area contributed by atoms with Gasteiger partial charge in [-0.1, -0.05) is 6.07 Å². The molecule has 0 spiro atoms. The molecule has 1 heterocycles. The van der Waals surface area contributed by atoms with E-state index in [-0.39, 0.29) is 36.5 Å². The molecule has 10 heteroatoms. The Morgan fingerprint density at radius 1 is 1.24 bits per heavy atom. The van der Waals surface area contributed by atoms with Gasteiger partial charge in [0.2, 0.25) is 5.91 Å². The summed E-state index contributed by atoms with van der Waals surface area (Å²) in [6, 6.07) is 4.38. The van der Waals surface area contributed by atoms with E-state index in [1.807, 2.05) is 0 Å². The average molecular weight is 471 g/mol. The van der Waals surface area contributed by atoms with E-state index < -0.39 is 24.3 Å². The number of halogens is 2.